The van der Waals surface area contributed by atoms with Gasteiger partial charge in [0.25, 0.3) is 0 Å². The highest BCUT2D eigenvalue weighted by molar-refractivity contribution is 7.89. The lowest BCUT2D eigenvalue weighted by Gasteiger charge is -2.13. The molecule has 0 bridgehead atoms. The molecule has 0 radical (unpaired) electrons. The first-order chi connectivity index (χ1) is 14.0. The first-order valence-corrected chi connectivity index (χ1v) is 11.4. The molecule has 0 unspecified atom stereocenters. The predicted octanol–water partition coefficient (Wildman–Crippen LogP) is 2.26. The van der Waals surface area contributed by atoms with Gasteiger partial charge in [0.15, 0.2) is 5.96 Å². The Labute approximate surface area is 173 Å². The molecule has 0 saturated carbocycles. The lowest BCUT2D eigenvalue weighted by molar-refractivity contribution is 0.336. The molecule has 0 spiro atoms. The van der Waals surface area contributed by atoms with Gasteiger partial charge in [0.1, 0.15) is 5.75 Å². The molecule has 0 fully saturated rings. The summed E-state index contributed by atoms with van der Waals surface area (Å²) in [4.78, 5) is 4.54. The highest BCUT2D eigenvalue weighted by Crippen LogP contribution is 2.18. The molecular formula is C21H30N4O3S. The number of ether oxygens (including phenoxy) is 1. The summed E-state index contributed by atoms with van der Waals surface area (Å²) in [6, 6.07) is 17.2. The van der Waals surface area contributed by atoms with Crippen LogP contribution < -0.4 is 20.1 Å². The van der Waals surface area contributed by atoms with E-state index in [2.05, 4.69) is 20.3 Å². The SMILES string of the molecule is CCNC(=NCc1ccccc1OCC)NCCS(=O)(=O)NCc1ccccc1. The first-order valence-electron chi connectivity index (χ1n) is 9.78. The van der Waals surface area contributed by atoms with E-state index in [4.69, 9.17) is 4.74 Å². The minimum absolute atomic E-state index is 0.0419. The van der Waals surface area contributed by atoms with Crippen molar-refractivity contribution in [3.8, 4) is 5.75 Å². The second-order valence-electron chi connectivity index (χ2n) is 6.29. The molecule has 158 valence electrons. The number of hydrogen-bond acceptors (Lipinski definition) is 4. The van der Waals surface area contributed by atoms with Crippen LogP contribution in [-0.2, 0) is 23.1 Å². The predicted molar refractivity (Wildman–Crippen MR) is 117 cm³/mol. The van der Waals surface area contributed by atoms with E-state index >= 15 is 0 Å². The minimum atomic E-state index is -3.39. The average molecular weight is 419 g/mol. The van der Waals surface area contributed by atoms with Gasteiger partial charge in [-0.05, 0) is 25.5 Å². The van der Waals surface area contributed by atoms with Gasteiger partial charge in [0.2, 0.25) is 10.0 Å². The molecule has 2 rings (SSSR count). The van der Waals surface area contributed by atoms with Crippen LogP contribution >= 0.6 is 0 Å². The molecule has 0 aliphatic rings. The van der Waals surface area contributed by atoms with Crippen LogP contribution in [0.5, 0.6) is 5.75 Å². The minimum Gasteiger partial charge on any atom is -0.494 e. The quantitative estimate of drug-likeness (QED) is 0.385. The highest BCUT2D eigenvalue weighted by Gasteiger charge is 2.10. The van der Waals surface area contributed by atoms with Gasteiger partial charge >= 0.3 is 0 Å². The van der Waals surface area contributed by atoms with Crippen LogP contribution in [0.2, 0.25) is 0 Å². The normalized spacial score (nSPS) is 11.9. The van der Waals surface area contributed by atoms with Crippen molar-refractivity contribution in [2.24, 2.45) is 4.99 Å². The van der Waals surface area contributed by atoms with Gasteiger partial charge < -0.3 is 15.4 Å². The molecule has 2 aromatic rings. The summed E-state index contributed by atoms with van der Waals surface area (Å²) in [7, 11) is -3.39. The van der Waals surface area contributed by atoms with Crippen LogP contribution in [0.25, 0.3) is 0 Å². The summed E-state index contributed by atoms with van der Waals surface area (Å²) in [5.41, 5.74) is 1.90. The van der Waals surface area contributed by atoms with Crippen LogP contribution in [-0.4, -0.2) is 39.8 Å². The average Bonchev–Trinajstić information content (AvgIpc) is 2.72. The molecule has 7 nitrogen and oxygen atoms in total. The van der Waals surface area contributed by atoms with Crippen LogP contribution in [0.3, 0.4) is 0 Å². The Morgan fingerprint density at radius 2 is 1.72 bits per heavy atom. The maximum Gasteiger partial charge on any atom is 0.213 e. The van der Waals surface area contributed by atoms with Gasteiger partial charge in [-0.15, -0.1) is 0 Å². The second kappa shape index (κ2) is 12.1. The van der Waals surface area contributed by atoms with Gasteiger partial charge in [-0.25, -0.2) is 18.1 Å². The fourth-order valence-corrected chi connectivity index (χ4v) is 3.50. The third-order valence-electron chi connectivity index (χ3n) is 4.03. The molecule has 3 N–H and O–H groups in total. The molecule has 0 atom stereocenters. The van der Waals surface area contributed by atoms with Crippen LogP contribution in [0.4, 0.5) is 0 Å². The van der Waals surface area contributed by atoms with Gasteiger partial charge in [0, 0.05) is 25.2 Å². The number of hydrogen-bond donors (Lipinski definition) is 3. The standard InChI is InChI=1S/C21H30N4O3S/c1-3-22-21(24-17-19-12-8-9-13-20(19)28-4-2)23-14-15-29(26,27)25-16-18-10-6-5-7-11-18/h5-13,25H,3-4,14-17H2,1-2H3,(H2,22,23,24). The van der Waals surface area contributed by atoms with Crippen molar-refractivity contribution in [3.63, 3.8) is 0 Å². The monoisotopic (exact) mass is 418 g/mol. The van der Waals surface area contributed by atoms with Crippen LogP contribution in [0.1, 0.15) is 25.0 Å². The number of benzene rings is 2. The summed E-state index contributed by atoms with van der Waals surface area (Å²) in [5.74, 6) is 1.33. The molecule has 2 aromatic carbocycles. The highest BCUT2D eigenvalue weighted by atomic mass is 32.2. The Kier molecular flexibility index (Phi) is 9.46. The third kappa shape index (κ3) is 8.53. The molecule has 0 aliphatic carbocycles. The van der Waals surface area contributed by atoms with Crippen LogP contribution in [0, 0.1) is 0 Å². The fourth-order valence-electron chi connectivity index (χ4n) is 2.60. The van der Waals surface area contributed by atoms with E-state index in [1.807, 2.05) is 68.4 Å². The third-order valence-corrected chi connectivity index (χ3v) is 5.35. The fraction of sp³-hybridized carbons (Fsp3) is 0.381. The van der Waals surface area contributed by atoms with E-state index in [0.717, 1.165) is 16.9 Å². The number of nitrogens with one attached hydrogen (secondary N) is 3. The van der Waals surface area contributed by atoms with E-state index in [1.54, 1.807) is 0 Å². The van der Waals surface area contributed by atoms with Crippen molar-refractivity contribution < 1.29 is 13.2 Å². The van der Waals surface area contributed by atoms with Crippen molar-refractivity contribution in [2.45, 2.75) is 26.9 Å². The first kappa shape index (κ1) is 22.7. The molecule has 0 heterocycles. The zero-order chi connectivity index (χ0) is 21.0. The lowest BCUT2D eigenvalue weighted by Crippen LogP contribution is -2.41. The molecule has 0 saturated heterocycles. The van der Waals surface area contributed by atoms with Crippen LogP contribution in [0.15, 0.2) is 59.6 Å². The summed E-state index contributed by atoms with van der Waals surface area (Å²) >= 11 is 0. The number of nitrogens with zero attached hydrogens (tertiary/aromatic N) is 1. The maximum absolute atomic E-state index is 12.2. The molecule has 0 aliphatic heterocycles. The van der Waals surface area contributed by atoms with Crippen molar-refractivity contribution in [2.75, 3.05) is 25.4 Å². The smallest absolute Gasteiger partial charge is 0.213 e. The van der Waals surface area contributed by atoms with Crippen molar-refractivity contribution >= 4 is 16.0 Å². The number of rotatable bonds is 11. The lowest BCUT2D eigenvalue weighted by atomic mass is 10.2. The van der Waals surface area contributed by atoms with Gasteiger partial charge in [-0.1, -0.05) is 48.5 Å². The van der Waals surface area contributed by atoms with E-state index < -0.39 is 10.0 Å². The summed E-state index contributed by atoms with van der Waals surface area (Å²) in [6.45, 7) is 6.14. The Morgan fingerprint density at radius 3 is 2.45 bits per heavy atom. The summed E-state index contributed by atoms with van der Waals surface area (Å²) in [5, 5.41) is 6.21. The Hall–Kier alpha value is -2.58. The van der Waals surface area contributed by atoms with E-state index in [0.29, 0.717) is 25.7 Å². The molecule has 29 heavy (non-hydrogen) atoms. The Morgan fingerprint density at radius 1 is 1.00 bits per heavy atom. The zero-order valence-electron chi connectivity index (χ0n) is 17.0. The van der Waals surface area contributed by atoms with Crippen molar-refractivity contribution in [1.29, 1.82) is 0 Å². The number of aliphatic imine (C=N–C) groups is 1. The zero-order valence-corrected chi connectivity index (χ0v) is 17.8. The Balaban J connectivity index is 1.87. The molecule has 0 aromatic heterocycles. The number of guanidine groups is 1. The summed E-state index contributed by atoms with van der Waals surface area (Å²) in [6.07, 6.45) is 0. The number of sulfonamides is 1. The topological polar surface area (TPSA) is 91.8 Å². The van der Waals surface area contributed by atoms with E-state index in [1.165, 1.54) is 0 Å². The van der Waals surface area contributed by atoms with E-state index in [-0.39, 0.29) is 18.8 Å². The van der Waals surface area contributed by atoms with Crippen molar-refractivity contribution in [3.05, 3.63) is 65.7 Å². The molecule has 0 amide bonds. The van der Waals surface area contributed by atoms with E-state index in [9.17, 15) is 8.42 Å². The summed E-state index contributed by atoms with van der Waals surface area (Å²) < 4.78 is 32.7. The maximum atomic E-state index is 12.2. The van der Waals surface area contributed by atoms with Gasteiger partial charge in [-0.2, -0.15) is 0 Å². The van der Waals surface area contributed by atoms with Gasteiger partial charge in [-0.3, -0.25) is 0 Å². The molecule has 8 heteroatoms. The molecular weight excluding hydrogens is 388 g/mol. The van der Waals surface area contributed by atoms with Gasteiger partial charge in [0.05, 0.1) is 18.9 Å². The largest absolute Gasteiger partial charge is 0.494 e. The van der Waals surface area contributed by atoms with Crippen molar-refractivity contribution in [1.82, 2.24) is 15.4 Å². The second-order valence-corrected chi connectivity index (χ2v) is 8.21. The number of para-hydroxylation sites is 1. The Bertz CT molecular complexity index is 871.